The predicted octanol–water partition coefficient (Wildman–Crippen LogP) is 3.98. The number of phenols is 1. The second kappa shape index (κ2) is 9.62. The number of phenolic OH excluding ortho intramolecular Hbond substituents is 1. The number of carbonyl (C=O) groups excluding carboxylic acids is 2. The van der Waals surface area contributed by atoms with Crippen LogP contribution in [0, 0.1) is 13.8 Å². The lowest BCUT2D eigenvalue weighted by molar-refractivity contribution is -0.143. The number of carbonyl (C=O) groups is 2. The van der Waals surface area contributed by atoms with E-state index in [1.54, 1.807) is 50.2 Å². The number of hydrogen-bond donors (Lipinski definition) is 2. The lowest BCUT2D eigenvalue weighted by Crippen LogP contribution is -2.15. The molecule has 0 aliphatic carbocycles. The summed E-state index contributed by atoms with van der Waals surface area (Å²) in [6.45, 7) is 6.06. The normalized spacial score (nSPS) is 10.3. The molecule has 2 rings (SSSR count). The molecule has 0 aromatic heterocycles. The molecular weight excluding hydrogens is 346 g/mol. The van der Waals surface area contributed by atoms with E-state index in [0.29, 0.717) is 36.6 Å². The minimum atomic E-state index is -0.302. The Morgan fingerprint density at radius 2 is 1.81 bits per heavy atom. The van der Waals surface area contributed by atoms with E-state index in [1.807, 2.05) is 6.92 Å². The molecule has 0 saturated carbocycles. The fourth-order valence-electron chi connectivity index (χ4n) is 2.54. The molecule has 0 aliphatic rings. The van der Waals surface area contributed by atoms with Crippen molar-refractivity contribution in [3.63, 3.8) is 0 Å². The molecular formula is C21H25NO5. The quantitative estimate of drug-likeness (QED) is 0.416. The predicted molar refractivity (Wildman–Crippen MR) is 103 cm³/mol. The molecule has 27 heavy (non-hydrogen) atoms. The van der Waals surface area contributed by atoms with Crippen LogP contribution in [0.15, 0.2) is 36.4 Å². The van der Waals surface area contributed by atoms with Crippen LogP contribution in [0.5, 0.6) is 11.5 Å². The first-order valence-corrected chi connectivity index (χ1v) is 8.92. The highest BCUT2D eigenvalue weighted by Crippen LogP contribution is 2.27. The van der Waals surface area contributed by atoms with E-state index in [0.717, 1.165) is 11.1 Å². The van der Waals surface area contributed by atoms with Gasteiger partial charge >= 0.3 is 5.97 Å². The molecule has 2 aromatic carbocycles. The topological polar surface area (TPSA) is 84.9 Å². The highest BCUT2D eigenvalue weighted by molar-refractivity contribution is 6.06. The second-order valence-corrected chi connectivity index (χ2v) is 6.09. The molecule has 2 N–H and O–H groups in total. The third-order valence-electron chi connectivity index (χ3n) is 4.23. The van der Waals surface area contributed by atoms with Crippen molar-refractivity contribution in [3.05, 3.63) is 53.1 Å². The lowest BCUT2D eigenvalue weighted by Gasteiger charge is -2.14. The molecule has 1 amide bonds. The van der Waals surface area contributed by atoms with Gasteiger partial charge in [-0.15, -0.1) is 0 Å². The van der Waals surface area contributed by atoms with Gasteiger partial charge in [0.1, 0.15) is 11.5 Å². The van der Waals surface area contributed by atoms with Crippen LogP contribution >= 0.6 is 0 Å². The largest absolute Gasteiger partial charge is 0.508 e. The van der Waals surface area contributed by atoms with Gasteiger partial charge in [0.25, 0.3) is 5.91 Å². The highest BCUT2D eigenvalue weighted by atomic mass is 16.5. The fraction of sp³-hybridized carbons (Fsp3) is 0.333. The van der Waals surface area contributed by atoms with Crippen molar-refractivity contribution in [2.24, 2.45) is 0 Å². The van der Waals surface area contributed by atoms with Gasteiger partial charge in [-0.1, -0.05) is 12.1 Å². The van der Waals surface area contributed by atoms with Crippen molar-refractivity contribution in [1.29, 1.82) is 0 Å². The van der Waals surface area contributed by atoms with E-state index in [1.165, 1.54) is 0 Å². The number of aromatic hydroxyl groups is 1. The summed E-state index contributed by atoms with van der Waals surface area (Å²) < 4.78 is 10.6. The smallest absolute Gasteiger partial charge is 0.305 e. The Hall–Kier alpha value is -3.02. The number of ether oxygens (including phenoxy) is 2. The van der Waals surface area contributed by atoms with Crippen molar-refractivity contribution in [2.75, 3.05) is 18.5 Å². The molecule has 144 valence electrons. The highest BCUT2D eigenvalue weighted by Gasteiger charge is 2.15. The van der Waals surface area contributed by atoms with Crippen molar-refractivity contribution in [2.45, 2.75) is 33.6 Å². The lowest BCUT2D eigenvalue weighted by atomic mass is 10.1. The third kappa shape index (κ3) is 5.48. The van der Waals surface area contributed by atoms with Gasteiger partial charge in [-0.05, 0) is 62.6 Å². The Kier molecular flexibility index (Phi) is 7.23. The maximum atomic E-state index is 12.7. The summed E-state index contributed by atoms with van der Waals surface area (Å²) >= 11 is 0. The molecule has 0 aliphatic heterocycles. The minimum Gasteiger partial charge on any atom is -0.508 e. The zero-order valence-electron chi connectivity index (χ0n) is 15.9. The molecule has 0 atom stereocenters. The summed E-state index contributed by atoms with van der Waals surface area (Å²) in [6, 6.07) is 10.2. The summed E-state index contributed by atoms with van der Waals surface area (Å²) in [7, 11) is 0. The molecule has 6 heteroatoms. The molecule has 0 unspecified atom stereocenters. The van der Waals surface area contributed by atoms with Gasteiger partial charge in [-0.2, -0.15) is 0 Å². The van der Waals surface area contributed by atoms with Crippen LogP contribution < -0.4 is 10.1 Å². The summed E-state index contributed by atoms with van der Waals surface area (Å²) in [5.41, 5.74) is 2.55. The maximum absolute atomic E-state index is 12.7. The van der Waals surface area contributed by atoms with E-state index in [4.69, 9.17) is 9.47 Å². The minimum absolute atomic E-state index is 0.191. The average Bonchev–Trinajstić information content (AvgIpc) is 2.66. The molecule has 0 heterocycles. The SMILES string of the molecule is CCOC(=O)CCCOc1ccccc1C(=O)Nc1ccc(O)c(C)c1C. The molecule has 0 spiro atoms. The number of hydrogen-bond acceptors (Lipinski definition) is 5. The summed E-state index contributed by atoms with van der Waals surface area (Å²) in [5.74, 6) is 0.0809. The van der Waals surface area contributed by atoms with Crippen LogP contribution in [0.2, 0.25) is 0 Å². The van der Waals surface area contributed by atoms with Crippen molar-refractivity contribution < 1.29 is 24.2 Å². The van der Waals surface area contributed by atoms with E-state index < -0.39 is 0 Å². The van der Waals surface area contributed by atoms with Crippen LogP contribution in [-0.2, 0) is 9.53 Å². The van der Waals surface area contributed by atoms with Crippen molar-refractivity contribution in [3.8, 4) is 11.5 Å². The number of rotatable bonds is 8. The van der Waals surface area contributed by atoms with Gasteiger partial charge in [0.2, 0.25) is 0 Å². The number of benzene rings is 2. The first-order valence-electron chi connectivity index (χ1n) is 8.92. The summed E-state index contributed by atoms with van der Waals surface area (Å²) in [4.78, 5) is 24.0. The van der Waals surface area contributed by atoms with Gasteiger partial charge in [-0.3, -0.25) is 9.59 Å². The molecule has 2 aromatic rings. The number of esters is 1. The number of nitrogens with one attached hydrogen (secondary N) is 1. The van der Waals surface area contributed by atoms with Gasteiger partial charge in [0.05, 0.1) is 18.8 Å². The first-order chi connectivity index (χ1) is 12.9. The van der Waals surface area contributed by atoms with E-state index in [9.17, 15) is 14.7 Å². The van der Waals surface area contributed by atoms with Crippen molar-refractivity contribution >= 4 is 17.6 Å². The summed E-state index contributed by atoms with van der Waals surface area (Å²) in [6.07, 6.45) is 0.777. The zero-order chi connectivity index (χ0) is 19.8. The van der Waals surface area contributed by atoms with Crippen LogP contribution in [-0.4, -0.2) is 30.2 Å². The van der Waals surface area contributed by atoms with E-state index >= 15 is 0 Å². The standard InChI is InChI=1S/C21H25NO5/c1-4-26-20(24)10-7-13-27-19-9-6-5-8-16(19)21(25)22-17-11-12-18(23)15(3)14(17)2/h5-6,8-9,11-12,23H,4,7,10,13H2,1-3H3,(H,22,25). The van der Waals surface area contributed by atoms with Crippen LogP contribution in [0.1, 0.15) is 41.3 Å². The van der Waals surface area contributed by atoms with Gasteiger partial charge in [-0.25, -0.2) is 0 Å². The van der Waals surface area contributed by atoms with Crippen LogP contribution in [0.4, 0.5) is 5.69 Å². The molecule has 6 nitrogen and oxygen atoms in total. The zero-order valence-corrected chi connectivity index (χ0v) is 15.9. The number of anilines is 1. The molecule has 0 radical (unpaired) electrons. The first kappa shape index (κ1) is 20.3. The second-order valence-electron chi connectivity index (χ2n) is 6.09. The maximum Gasteiger partial charge on any atom is 0.305 e. The Morgan fingerprint density at radius 3 is 2.56 bits per heavy atom. The Bertz CT molecular complexity index is 816. The van der Waals surface area contributed by atoms with E-state index in [-0.39, 0.29) is 24.0 Å². The fourth-order valence-corrected chi connectivity index (χ4v) is 2.54. The van der Waals surface area contributed by atoms with E-state index in [2.05, 4.69) is 5.32 Å². The third-order valence-corrected chi connectivity index (χ3v) is 4.23. The van der Waals surface area contributed by atoms with Crippen molar-refractivity contribution in [1.82, 2.24) is 0 Å². The number of amides is 1. The molecule has 0 fully saturated rings. The monoisotopic (exact) mass is 371 g/mol. The van der Waals surface area contributed by atoms with Gasteiger partial charge in [0.15, 0.2) is 0 Å². The van der Waals surface area contributed by atoms with Gasteiger partial charge in [0, 0.05) is 12.1 Å². The summed E-state index contributed by atoms with van der Waals surface area (Å²) in [5, 5.41) is 12.6. The number of para-hydroxylation sites is 1. The Morgan fingerprint density at radius 1 is 1.07 bits per heavy atom. The Labute approximate surface area is 159 Å². The van der Waals surface area contributed by atoms with Crippen LogP contribution in [0.25, 0.3) is 0 Å². The van der Waals surface area contributed by atoms with Gasteiger partial charge < -0.3 is 19.9 Å². The average molecular weight is 371 g/mol. The molecule has 0 saturated heterocycles. The Balaban J connectivity index is 2.03. The van der Waals surface area contributed by atoms with Crippen LogP contribution in [0.3, 0.4) is 0 Å². The molecule has 0 bridgehead atoms.